The van der Waals surface area contributed by atoms with Gasteiger partial charge in [0.15, 0.2) is 0 Å². The fraction of sp³-hybridized carbons (Fsp3) is 0.120. The minimum Gasteiger partial charge on any atom is -0.274 e. The Labute approximate surface area is 195 Å². The molecule has 34 heavy (non-hydrogen) atoms. The van der Waals surface area contributed by atoms with E-state index in [1.165, 1.54) is 12.1 Å². The lowest BCUT2D eigenvalue weighted by Gasteiger charge is -2.26. The number of hydrogen-bond donors (Lipinski definition) is 0. The first-order chi connectivity index (χ1) is 16.3. The van der Waals surface area contributed by atoms with E-state index in [9.17, 15) is 25.0 Å². The van der Waals surface area contributed by atoms with E-state index in [2.05, 4.69) is 5.10 Å². The number of nitriles is 1. The van der Waals surface area contributed by atoms with E-state index >= 15 is 0 Å². The summed E-state index contributed by atoms with van der Waals surface area (Å²) in [5, 5.41) is 25.5. The largest absolute Gasteiger partial charge is 0.274 e. The second-order valence-electron chi connectivity index (χ2n) is 7.54. The molecule has 2 heterocycles. The highest BCUT2D eigenvalue weighted by atomic mass is 16.6. The standard InChI is InChI=1S/C25H19N5O4/c1-3-28-24(31)21(16(2)22(14-26)25(28)32)13-18-15-29(19-9-5-4-6-10-19)27-23(18)17-8-7-11-20(12-17)30(33)34/h4-13,15H,3H2,1-2H3/b21-13+. The van der Waals surface area contributed by atoms with Gasteiger partial charge in [0.2, 0.25) is 0 Å². The Kier molecular flexibility index (Phi) is 5.89. The molecule has 0 spiro atoms. The van der Waals surface area contributed by atoms with Crippen LogP contribution in [0.3, 0.4) is 0 Å². The summed E-state index contributed by atoms with van der Waals surface area (Å²) in [5.74, 6) is -1.13. The molecule has 0 saturated heterocycles. The van der Waals surface area contributed by atoms with Crippen molar-refractivity contribution in [1.29, 1.82) is 5.26 Å². The summed E-state index contributed by atoms with van der Waals surface area (Å²) in [7, 11) is 0. The van der Waals surface area contributed by atoms with Gasteiger partial charge in [-0.15, -0.1) is 0 Å². The Morgan fingerprint density at radius 3 is 2.50 bits per heavy atom. The lowest BCUT2D eigenvalue weighted by atomic mass is 9.93. The molecule has 3 aromatic rings. The maximum absolute atomic E-state index is 13.1. The normalized spacial score (nSPS) is 15.1. The summed E-state index contributed by atoms with van der Waals surface area (Å²) in [6.45, 7) is 3.33. The molecule has 4 rings (SSSR count). The number of nitro groups is 1. The fourth-order valence-electron chi connectivity index (χ4n) is 3.77. The molecule has 0 aliphatic carbocycles. The number of nitro benzene ring substituents is 1. The highest BCUT2D eigenvalue weighted by molar-refractivity contribution is 6.19. The molecule has 1 aromatic heterocycles. The average Bonchev–Trinajstić information content (AvgIpc) is 3.27. The molecule has 2 amide bonds. The van der Waals surface area contributed by atoms with Gasteiger partial charge in [0.1, 0.15) is 17.3 Å². The highest BCUT2D eigenvalue weighted by Gasteiger charge is 2.34. The van der Waals surface area contributed by atoms with Crippen LogP contribution in [0.2, 0.25) is 0 Å². The third-order valence-corrected chi connectivity index (χ3v) is 5.54. The first kappa shape index (κ1) is 22.4. The first-order valence-corrected chi connectivity index (χ1v) is 10.4. The van der Waals surface area contributed by atoms with Crippen LogP contribution in [-0.2, 0) is 9.59 Å². The van der Waals surface area contributed by atoms with Crippen LogP contribution >= 0.6 is 0 Å². The molecule has 0 N–H and O–H groups in total. The Morgan fingerprint density at radius 2 is 1.85 bits per heavy atom. The van der Waals surface area contributed by atoms with E-state index in [4.69, 9.17) is 0 Å². The van der Waals surface area contributed by atoms with Crippen molar-refractivity contribution in [2.75, 3.05) is 6.54 Å². The number of hydrogen-bond acceptors (Lipinski definition) is 6. The average molecular weight is 453 g/mol. The Hall–Kier alpha value is -4.84. The lowest BCUT2D eigenvalue weighted by molar-refractivity contribution is -0.384. The van der Waals surface area contributed by atoms with Gasteiger partial charge in [-0.3, -0.25) is 24.6 Å². The molecule has 0 atom stereocenters. The highest BCUT2D eigenvalue weighted by Crippen LogP contribution is 2.32. The number of rotatable bonds is 5. The van der Waals surface area contributed by atoms with Gasteiger partial charge in [-0.1, -0.05) is 30.3 Å². The van der Waals surface area contributed by atoms with Crippen LogP contribution in [0.5, 0.6) is 0 Å². The second-order valence-corrected chi connectivity index (χ2v) is 7.54. The molecule has 9 heteroatoms. The Balaban J connectivity index is 1.95. The van der Waals surface area contributed by atoms with Crippen molar-refractivity contribution in [3.8, 4) is 23.0 Å². The third kappa shape index (κ3) is 3.89. The van der Waals surface area contributed by atoms with Crippen molar-refractivity contribution in [3.05, 3.63) is 93.2 Å². The molecule has 0 radical (unpaired) electrons. The number of likely N-dealkylation sites (N-methyl/N-ethyl adjacent to an activating group) is 1. The van der Waals surface area contributed by atoms with E-state index in [1.807, 2.05) is 36.4 Å². The van der Waals surface area contributed by atoms with Crippen LogP contribution in [0.25, 0.3) is 23.0 Å². The minimum absolute atomic E-state index is 0.0929. The number of amides is 2. The van der Waals surface area contributed by atoms with Gasteiger partial charge in [0.05, 0.1) is 10.6 Å². The molecule has 2 aromatic carbocycles. The summed E-state index contributed by atoms with van der Waals surface area (Å²) in [6, 6.07) is 17.2. The predicted molar refractivity (Wildman–Crippen MR) is 124 cm³/mol. The van der Waals surface area contributed by atoms with Gasteiger partial charge in [0, 0.05) is 41.6 Å². The summed E-state index contributed by atoms with van der Waals surface area (Å²) in [4.78, 5) is 37.4. The fourth-order valence-corrected chi connectivity index (χ4v) is 3.77. The van der Waals surface area contributed by atoms with E-state index < -0.39 is 16.7 Å². The summed E-state index contributed by atoms with van der Waals surface area (Å²) in [6.07, 6.45) is 3.28. The second kappa shape index (κ2) is 8.96. The molecule has 9 nitrogen and oxygen atoms in total. The number of aromatic nitrogens is 2. The number of imide groups is 1. The maximum Gasteiger partial charge on any atom is 0.271 e. The van der Waals surface area contributed by atoms with Crippen molar-refractivity contribution < 1.29 is 14.5 Å². The Bertz CT molecular complexity index is 1430. The van der Waals surface area contributed by atoms with Crippen LogP contribution in [0, 0.1) is 21.4 Å². The van der Waals surface area contributed by atoms with E-state index in [1.54, 1.807) is 42.9 Å². The summed E-state index contributed by atoms with van der Waals surface area (Å²) >= 11 is 0. The van der Waals surface area contributed by atoms with Gasteiger partial charge >= 0.3 is 0 Å². The molecule has 0 fully saturated rings. The lowest BCUT2D eigenvalue weighted by Crippen LogP contribution is -2.42. The molecule has 0 saturated carbocycles. The zero-order valence-corrected chi connectivity index (χ0v) is 18.4. The van der Waals surface area contributed by atoms with Gasteiger partial charge < -0.3 is 0 Å². The van der Waals surface area contributed by atoms with Gasteiger partial charge in [0.25, 0.3) is 17.5 Å². The third-order valence-electron chi connectivity index (χ3n) is 5.54. The molecule has 1 aliphatic heterocycles. The zero-order chi connectivity index (χ0) is 24.4. The first-order valence-electron chi connectivity index (χ1n) is 10.4. The van der Waals surface area contributed by atoms with Crippen molar-refractivity contribution in [1.82, 2.24) is 14.7 Å². The van der Waals surface area contributed by atoms with Gasteiger partial charge in [-0.05, 0) is 37.6 Å². The van der Waals surface area contributed by atoms with Gasteiger partial charge in [-0.25, -0.2) is 4.68 Å². The van der Waals surface area contributed by atoms with Crippen molar-refractivity contribution in [3.63, 3.8) is 0 Å². The number of nitrogens with zero attached hydrogens (tertiary/aromatic N) is 5. The van der Waals surface area contributed by atoms with E-state index in [0.29, 0.717) is 16.8 Å². The monoisotopic (exact) mass is 453 g/mol. The van der Waals surface area contributed by atoms with E-state index in [-0.39, 0.29) is 29.0 Å². The SMILES string of the molecule is CCN1C(=O)C(C#N)=C(C)/C(=C\c2cn(-c3ccccc3)nc2-c2cccc([N+](=O)[O-])c2)C1=O. The molecule has 0 bridgehead atoms. The van der Waals surface area contributed by atoms with Crippen LogP contribution in [0.15, 0.2) is 77.5 Å². The zero-order valence-electron chi connectivity index (χ0n) is 18.4. The van der Waals surface area contributed by atoms with Crippen molar-refractivity contribution in [2.24, 2.45) is 0 Å². The smallest absolute Gasteiger partial charge is 0.271 e. The topological polar surface area (TPSA) is 122 Å². The molecular formula is C25H19N5O4. The van der Waals surface area contributed by atoms with Crippen LogP contribution in [0.1, 0.15) is 19.4 Å². The number of benzene rings is 2. The predicted octanol–water partition coefficient (Wildman–Crippen LogP) is 4.06. The quantitative estimate of drug-likeness (QED) is 0.248. The van der Waals surface area contributed by atoms with Crippen LogP contribution in [0.4, 0.5) is 5.69 Å². The van der Waals surface area contributed by atoms with Crippen molar-refractivity contribution >= 4 is 23.6 Å². The van der Waals surface area contributed by atoms with Gasteiger partial charge in [-0.2, -0.15) is 10.4 Å². The molecule has 0 unspecified atom stereocenters. The van der Waals surface area contributed by atoms with Crippen molar-refractivity contribution in [2.45, 2.75) is 13.8 Å². The molecular weight excluding hydrogens is 434 g/mol. The van der Waals surface area contributed by atoms with E-state index in [0.717, 1.165) is 10.6 Å². The number of non-ortho nitro benzene ring substituents is 1. The molecule has 1 aliphatic rings. The summed E-state index contributed by atoms with van der Waals surface area (Å²) in [5.41, 5.74) is 2.45. The molecule has 168 valence electrons. The minimum atomic E-state index is -0.622. The number of carbonyl (C=O) groups is 2. The number of para-hydroxylation sites is 1. The Morgan fingerprint density at radius 1 is 1.12 bits per heavy atom. The maximum atomic E-state index is 13.1. The van der Waals surface area contributed by atoms with Crippen LogP contribution < -0.4 is 0 Å². The number of carbonyl (C=O) groups excluding carboxylic acids is 2. The summed E-state index contributed by atoms with van der Waals surface area (Å²) < 4.78 is 1.61. The van der Waals surface area contributed by atoms with Crippen LogP contribution in [-0.4, -0.2) is 38.0 Å².